The van der Waals surface area contributed by atoms with Crippen LogP contribution in [0.3, 0.4) is 0 Å². The SMILES string of the molecule is CC(C(=O)NC(=O)NC(C)(C)C)N1CCN(S(=O)(=O)N(C)C2CCCCC2)CC1. The average molecular weight is 432 g/mol. The second-order valence-electron chi connectivity index (χ2n) is 9.12. The van der Waals surface area contributed by atoms with Crippen LogP contribution < -0.4 is 10.6 Å². The van der Waals surface area contributed by atoms with Gasteiger partial charge in [0.25, 0.3) is 10.2 Å². The Bertz CT molecular complexity index is 677. The molecule has 2 rings (SSSR count). The van der Waals surface area contributed by atoms with Crippen LogP contribution in [-0.4, -0.2) is 84.7 Å². The average Bonchev–Trinajstić information content (AvgIpc) is 2.66. The van der Waals surface area contributed by atoms with Crippen LogP contribution in [-0.2, 0) is 15.0 Å². The topological polar surface area (TPSA) is 102 Å². The molecule has 168 valence electrons. The molecule has 1 saturated heterocycles. The number of hydrogen-bond donors (Lipinski definition) is 2. The van der Waals surface area contributed by atoms with Crippen LogP contribution >= 0.6 is 0 Å². The number of imide groups is 1. The normalized spacial score (nSPS) is 21.7. The second-order valence-corrected chi connectivity index (χ2v) is 11.1. The van der Waals surface area contributed by atoms with E-state index < -0.39 is 27.8 Å². The molecule has 1 aliphatic carbocycles. The Hall–Kier alpha value is -1.23. The zero-order chi connectivity index (χ0) is 21.8. The predicted octanol–water partition coefficient (Wildman–Crippen LogP) is 1.13. The van der Waals surface area contributed by atoms with E-state index in [1.165, 1.54) is 15.0 Å². The maximum atomic E-state index is 13.0. The molecule has 9 nitrogen and oxygen atoms in total. The molecule has 2 fully saturated rings. The molecular weight excluding hydrogens is 394 g/mol. The van der Waals surface area contributed by atoms with E-state index >= 15 is 0 Å². The number of carbonyl (C=O) groups excluding carboxylic acids is 2. The van der Waals surface area contributed by atoms with Gasteiger partial charge in [-0.25, -0.2) is 4.79 Å². The van der Waals surface area contributed by atoms with E-state index in [9.17, 15) is 18.0 Å². The van der Waals surface area contributed by atoms with Crippen molar-refractivity contribution in [3.8, 4) is 0 Å². The molecule has 1 atom stereocenters. The first-order chi connectivity index (χ1) is 13.4. The Balaban J connectivity index is 1.87. The molecule has 0 bridgehead atoms. The minimum absolute atomic E-state index is 0.0813. The molecule has 0 aromatic heterocycles. The van der Waals surface area contributed by atoms with E-state index in [1.807, 2.05) is 25.7 Å². The van der Waals surface area contributed by atoms with Gasteiger partial charge in [-0.2, -0.15) is 17.0 Å². The van der Waals surface area contributed by atoms with E-state index in [1.54, 1.807) is 14.0 Å². The maximum absolute atomic E-state index is 13.0. The summed E-state index contributed by atoms with van der Waals surface area (Å²) in [6.45, 7) is 8.83. The highest BCUT2D eigenvalue weighted by Crippen LogP contribution is 2.25. The molecule has 1 unspecified atom stereocenters. The quantitative estimate of drug-likeness (QED) is 0.679. The summed E-state index contributed by atoms with van der Waals surface area (Å²) in [5.41, 5.74) is -0.433. The first-order valence-electron chi connectivity index (χ1n) is 10.5. The third-order valence-electron chi connectivity index (χ3n) is 5.70. The van der Waals surface area contributed by atoms with Gasteiger partial charge in [-0.3, -0.25) is 15.0 Å². The summed E-state index contributed by atoms with van der Waals surface area (Å²) in [6, 6.07) is -0.955. The largest absolute Gasteiger partial charge is 0.333 e. The number of rotatable bonds is 5. The molecule has 1 saturated carbocycles. The van der Waals surface area contributed by atoms with Crippen molar-refractivity contribution in [1.29, 1.82) is 0 Å². The lowest BCUT2D eigenvalue weighted by molar-refractivity contribution is -0.125. The van der Waals surface area contributed by atoms with E-state index in [2.05, 4.69) is 10.6 Å². The van der Waals surface area contributed by atoms with E-state index in [-0.39, 0.29) is 11.9 Å². The number of carbonyl (C=O) groups is 2. The number of piperazine rings is 1. The highest BCUT2D eigenvalue weighted by atomic mass is 32.2. The Morgan fingerprint density at radius 2 is 1.59 bits per heavy atom. The summed E-state index contributed by atoms with van der Waals surface area (Å²) in [6.07, 6.45) is 5.17. The number of hydrogen-bond acceptors (Lipinski definition) is 5. The van der Waals surface area contributed by atoms with Crippen LogP contribution in [0.1, 0.15) is 59.8 Å². The Morgan fingerprint density at radius 1 is 1.03 bits per heavy atom. The third-order valence-corrected chi connectivity index (χ3v) is 7.75. The molecule has 1 heterocycles. The predicted molar refractivity (Wildman–Crippen MR) is 113 cm³/mol. The lowest BCUT2D eigenvalue weighted by Crippen LogP contribution is -2.59. The lowest BCUT2D eigenvalue weighted by Gasteiger charge is -2.40. The summed E-state index contributed by atoms with van der Waals surface area (Å²) in [5.74, 6) is -0.387. The monoisotopic (exact) mass is 431 g/mol. The first kappa shape index (κ1) is 24.0. The molecule has 10 heteroatoms. The highest BCUT2D eigenvalue weighted by Gasteiger charge is 2.36. The van der Waals surface area contributed by atoms with Gasteiger partial charge < -0.3 is 5.32 Å². The number of urea groups is 1. The van der Waals surface area contributed by atoms with Gasteiger partial charge in [-0.15, -0.1) is 0 Å². The van der Waals surface area contributed by atoms with Crippen molar-refractivity contribution in [2.75, 3.05) is 33.2 Å². The maximum Gasteiger partial charge on any atom is 0.321 e. The van der Waals surface area contributed by atoms with Gasteiger partial charge in [-0.1, -0.05) is 19.3 Å². The van der Waals surface area contributed by atoms with Crippen LogP contribution in [0.5, 0.6) is 0 Å². The van der Waals surface area contributed by atoms with Crippen LogP contribution in [0.2, 0.25) is 0 Å². The van der Waals surface area contributed by atoms with Gasteiger partial charge in [0.15, 0.2) is 0 Å². The molecule has 2 N–H and O–H groups in total. The molecule has 0 aromatic rings. The van der Waals surface area contributed by atoms with E-state index in [0.717, 1.165) is 25.7 Å². The first-order valence-corrected chi connectivity index (χ1v) is 11.9. The van der Waals surface area contributed by atoms with E-state index in [4.69, 9.17) is 0 Å². The van der Waals surface area contributed by atoms with Gasteiger partial charge in [0.05, 0.1) is 6.04 Å². The summed E-state index contributed by atoms with van der Waals surface area (Å²) in [5, 5.41) is 5.06. The molecule has 0 radical (unpaired) electrons. The van der Waals surface area contributed by atoms with Crippen LogP contribution in [0.4, 0.5) is 4.79 Å². The molecule has 1 aliphatic heterocycles. The number of amides is 3. The Morgan fingerprint density at radius 3 is 2.10 bits per heavy atom. The van der Waals surface area contributed by atoms with Crippen molar-refractivity contribution in [3.05, 3.63) is 0 Å². The molecule has 29 heavy (non-hydrogen) atoms. The smallest absolute Gasteiger partial charge is 0.321 e. The minimum Gasteiger partial charge on any atom is -0.333 e. The minimum atomic E-state index is -3.50. The van der Waals surface area contributed by atoms with Crippen molar-refractivity contribution in [2.45, 2.75) is 77.4 Å². The number of nitrogens with zero attached hydrogens (tertiary/aromatic N) is 3. The number of nitrogens with one attached hydrogen (secondary N) is 2. The van der Waals surface area contributed by atoms with Crippen molar-refractivity contribution in [3.63, 3.8) is 0 Å². The van der Waals surface area contributed by atoms with Crippen molar-refractivity contribution >= 4 is 22.1 Å². The molecule has 2 aliphatic rings. The highest BCUT2D eigenvalue weighted by molar-refractivity contribution is 7.86. The molecule has 0 spiro atoms. The second kappa shape index (κ2) is 9.72. The van der Waals surface area contributed by atoms with Crippen LogP contribution in [0.15, 0.2) is 0 Å². The van der Waals surface area contributed by atoms with Crippen molar-refractivity contribution < 1.29 is 18.0 Å². The summed E-state index contributed by atoms with van der Waals surface area (Å²) in [7, 11) is -1.81. The standard InChI is InChI=1S/C19H37N5O4S/c1-15(17(25)20-18(26)21-19(2,3)4)23-11-13-24(14-12-23)29(27,28)22(5)16-9-7-6-8-10-16/h15-16H,6-14H2,1-5H3,(H2,20,21,25,26). The van der Waals surface area contributed by atoms with Gasteiger partial charge >= 0.3 is 6.03 Å². The fourth-order valence-electron chi connectivity index (χ4n) is 3.89. The van der Waals surface area contributed by atoms with Gasteiger partial charge in [0.1, 0.15) is 0 Å². The molecular formula is C19H37N5O4S. The van der Waals surface area contributed by atoms with Crippen molar-refractivity contribution in [2.24, 2.45) is 0 Å². The van der Waals surface area contributed by atoms with E-state index in [0.29, 0.717) is 26.2 Å². The lowest BCUT2D eigenvalue weighted by atomic mass is 9.96. The summed E-state index contributed by atoms with van der Waals surface area (Å²) in [4.78, 5) is 26.2. The zero-order valence-corrected chi connectivity index (χ0v) is 19.2. The Labute approximate surface area is 175 Å². The Kier molecular flexibility index (Phi) is 8.06. The van der Waals surface area contributed by atoms with Gasteiger partial charge in [-0.05, 0) is 40.5 Å². The fraction of sp³-hybridized carbons (Fsp3) is 0.895. The van der Waals surface area contributed by atoms with Gasteiger partial charge in [0, 0.05) is 44.8 Å². The summed E-state index contributed by atoms with van der Waals surface area (Å²) >= 11 is 0. The fourth-order valence-corrected chi connectivity index (χ4v) is 5.47. The van der Waals surface area contributed by atoms with Crippen LogP contribution in [0, 0.1) is 0 Å². The van der Waals surface area contributed by atoms with Gasteiger partial charge in [0.2, 0.25) is 5.91 Å². The molecule has 0 aromatic carbocycles. The zero-order valence-electron chi connectivity index (χ0n) is 18.4. The summed E-state index contributed by atoms with van der Waals surface area (Å²) < 4.78 is 29.0. The third kappa shape index (κ3) is 6.63. The molecule has 3 amide bonds. The van der Waals surface area contributed by atoms with Crippen molar-refractivity contribution in [1.82, 2.24) is 24.1 Å². The van der Waals surface area contributed by atoms with Crippen LogP contribution in [0.25, 0.3) is 0 Å².